The van der Waals surface area contributed by atoms with E-state index in [1.807, 2.05) is 0 Å². The zero-order chi connectivity index (χ0) is 11.4. The minimum Gasteiger partial charge on any atom is -0.338 e. The molecule has 0 aromatic heterocycles. The summed E-state index contributed by atoms with van der Waals surface area (Å²) in [7, 11) is 0. The molecule has 0 bridgehead atoms. The zero-order valence-electron chi connectivity index (χ0n) is 10.1. The molecule has 2 aliphatic rings. The van der Waals surface area contributed by atoms with Gasteiger partial charge in [0.05, 0.1) is 0 Å². The third kappa shape index (κ3) is 3.37. The Balaban J connectivity index is 1.57. The highest BCUT2D eigenvalue weighted by molar-refractivity contribution is 5.74. The summed E-state index contributed by atoms with van der Waals surface area (Å²) in [4.78, 5) is 11.5. The van der Waals surface area contributed by atoms with E-state index < -0.39 is 0 Å². The Kier molecular flexibility index (Phi) is 4.04. The van der Waals surface area contributed by atoms with Crippen molar-refractivity contribution in [3.05, 3.63) is 0 Å². The normalized spacial score (nSPS) is 30.6. The first kappa shape index (κ1) is 11.7. The number of piperidine rings is 1. The van der Waals surface area contributed by atoms with Crippen molar-refractivity contribution >= 4 is 6.03 Å². The van der Waals surface area contributed by atoms with Crippen molar-refractivity contribution in [3.8, 4) is 0 Å². The fraction of sp³-hybridized carbons (Fsp3) is 0.917. The summed E-state index contributed by atoms with van der Waals surface area (Å²) in [6.07, 6.45) is 6.00. The molecule has 16 heavy (non-hydrogen) atoms. The van der Waals surface area contributed by atoms with E-state index in [9.17, 15) is 4.79 Å². The van der Waals surface area contributed by atoms with Crippen LogP contribution in [0.15, 0.2) is 0 Å². The number of carbonyl (C=O) groups excluding carboxylic acids is 1. The predicted octanol–water partition coefficient (Wildman–Crippen LogP) is 1.23. The van der Waals surface area contributed by atoms with Crippen LogP contribution >= 0.6 is 0 Å². The molecule has 1 aliphatic heterocycles. The molecule has 3 N–H and O–H groups in total. The standard InChI is InChI=1S/C12H23N3O/c1-9-5-6-10(7-13-9)8-14-12(16)15-11-3-2-4-11/h9-11,13H,2-8H2,1H3,(H2,14,15,16). The van der Waals surface area contributed by atoms with Crippen molar-refractivity contribution in [2.24, 2.45) is 5.92 Å². The molecule has 1 aliphatic carbocycles. The molecule has 1 saturated carbocycles. The second kappa shape index (κ2) is 5.53. The Morgan fingerprint density at radius 3 is 2.69 bits per heavy atom. The van der Waals surface area contributed by atoms with Crippen LogP contribution in [0, 0.1) is 5.92 Å². The van der Waals surface area contributed by atoms with E-state index in [2.05, 4.69) is 22.9 Å². The average molecular weight is 225 g/mol. The number of hydrogen-bond acceptors (Lipinski definition) is 2. The van der Waals surface area contributed by atoms with Crippen molar-refractivity contribution < 1.29 is 4.79 Å². The van der Waals surface area contributed by atoms with Gasteiger partial charge >= 0.3 is 6.03 Å². The maximum absolute atomic E-state index is 11.5. The van der Waals surface area contributed by atoms with E-state index in [0.717, 1.165) is 25.9 Å². The molecular weight excluding hydrogens is 202 g/mol. The third-order valence-corrected chi connectivity index (χ3v) is 3.75. The number of carbonyl (C=O) groups is 1. The summed E-state index contributed by atoms with van der Waals surface area (Å²) in [6, 6.07) is 1.09. The van der Waals surface area contributed by atoms with Crippen molar-refractivity contribution in [1.29, 1.82) is 0 Å². The lowest BCUT2D eigenvalue weighted by Crippen LogP contribution is -2.48. The molecule has 4 nitrogen and oxygen atoms in total. The van der Waals surface area contributed by atoms with Crippen LogP contribution in [0.2, 0.25) is 0 Å². The Morgan fingerprint density at radius 2 is 2.12 bits per heavy atom. The molecule has 0 spiro atoms. The van der Waals surface area contributed by atoms with Gasteiger partial charge in [-0.3, -0.25) is 0 Å². The van der Waals surface area contributed by atoms with Crippen LogP contribution in [0.5, 0.6) is 0 Å². The van der Waals surface area contributed by atoms with Gasteiger partial charge in [0.2, 0.25) is 0 Å². The largest absolute Gasteiger partial charge is 0.338 e. The lowest BCUT2D eigenvalue weighted by molar-refractivity contribution is 0.223. The lowest BCUT2D eigenvalue weighted by Gasteiger charge is -2.29. The molecular formula is C12H23N3O. The monoisotopic (exact) mass is 225 g/mol. The van der Waals surface area contributed by atoms with Crippen LogP contribution in [0.25, 0.3) is 0 Å². The first-order valence-corrected chi connectivity index (χ1v) is 6.52. The average Bonchev–Trinajstić information content (AvgIpc) is 2.23. The van der Waals surface area contributed by atoms with Gasteiger partial charge in [0.25, 0.3) is 0 Å². The molecule has 4 heteroatoms. The second-order valence-corrected chi connectivity index (χ2v) is 5.23. The number of hydrogen-bond donors (Lipinski definition) is 3. The zero-order valence-corrected chi connectivity index (χ0v) is 10.1. The van der Waals surface area contributed by atoms with Crippen molar-refractivity contribution in [3.63, 3.8) is 0 Å². The molecule has 1 heterocycles. The third-order valence-electron chi connectivity index (χ3n) is 3.75. The highest BCUT2D eigenvalue weighted by Crippen LogP contribution is 2.17. The minimum atomic E-state index is 0.0170. The van der Waals surface area contributed by atoms with Gasteiger partial charge in [0, 0.05) is 18.6 Å². The van der Waals surface area contributed by atoms with Crippen LogP contribution < -0.4 is 16.0 Å². The first-order valence-electron chi connectivity index (χ1n) is 6.52. The van der Waals surface area contributed by atoms with Gasteiger partial charge in [-0.15, -0.1) is 0 Å². The summed E-state index contributed by atoms with van der Waals surface area (Å²) < 4.78 is 0. The number of urea groups is 1. The van der Waals surface area contributed by atoms with Gasteiger partial charge in [-0.25, -0.2) is 4.79 Å². The maximum Gasteiger partial charge on any atom is 0.315 e. The number of rotatable bonds is 3. The van der Waals surface area contributed by atoms with E-state index in [0.29, 0.717) is 18.0 Å². The highest BCUT2D eigenvalue weighted by Gasteiger charge is 2.21. The predicted molar refractivity (Wildman–Crippen MR) is 64.4 cm³/mol. The van der Waals surface area contributed by atoms with Crippen LogP contribution in [0.3, 0.4) is 0 Å². The molecule has 2 fully saturated rings. The van der Waals surface area contributed by atoms with Gasteiger partial charge in [-0.05, 0) is 51.5 Å². The van der Waals surface area contributed by atoms with Crippen LogP contribution in [0.1, 0.15) is 39.0 Å². The molecule has 2 atom stereocenters. The van der Waals surface area contributed by atoms with E-state index in [-0.39, 0.29) is 6.03 Å². The van der Waals surface area contributed by atoms with Crippen LogP contribution in [-0.2, 0) is 0 Å². The molecule has 2 unspecified atom stereocenters. The molecule has 0 aromatic rings. The fourth-order valence-corrected chi connectivity index (χ4v) is 2.26. The smallest absolute Gasteiger partial charge is 0.315 e. The summed E-state index contributed by atoms with van der Waals surface area (Å²) >= 11 is 0. The molecule has 2 amide bonds. The van der Waals surface area contributed by atoms with E-state index in [1.54, 1.807) is 0 Å². The van der Waals surface area contributed by atoms with E-state index in [4.69, 9.17) is 0 Å². The molecule has 0 aromatic carbocycles. The quantitative estimate of drug-likeness (QED) is 0.676. The molecule has 2 rings (SSSR count). The van der Waals surface area contributed by atoms with E-state index in [1.165, 1.54) is 19.3 Å². The Hall–Kier alpha value is -0.770. The van der Waals surface area contributed by atoms with Crippen molar-refractivity contribution in [2.45, 2.75) is 51.1 Å². The second-order valence-electron chi connectivity index (χ2n) is 5.23. The molecule has 92 valence electrons. The van der Waals surface area contributed by atoms with E-state index >= 15 is 0 Å². The Labute approximate surface area is 97.6 Å². The fourth-order valence-electron chi connectivity index (χ4n) is 2.26. The molecule has 0 radical (unpaired) electrons. The topological polar surface area (TPSA) is 53.2 Å². The van der Waals surface area contributed by atoms with Crippen LogP contribution in [0.4, 0.5) is 4.79 Å². The van der Waals surface area contributed by atoms with Gasteiger partial charge < -0.3 is 16.0 Å². The number of nitrogens with one attached hydrogen (secondary N) is 3. The van der Waals surface area contributed by atoms with Gasteiger partial charge in [0.15, 0.2) is 0 Å². The summed E-state index contributed by atoms with van der Waals surface area (Å²) in [5.74, 6) is 0.600. The van der Waals surface area contributed by atoms with Crippen LogP contribution in [-0.4, -0.2) is 31.2 Å². The Bertz CT molecular complexity index is 232. The maximum atomic E-state index is 11.5. The summed E-state index contributed by atoms with van der Waals surface area (Å²) in [6.45, 7) is 4.05. The van der Waals surface area contributed by atoms with Crippen molar-refractivity contribution in [2.75, 3.05) is 13.1 Å². The summed E-state index contributed by atoms with van der Waals surface area (Å²) in [5, 5.41) is 9.42. The first-order chi connectivity index (χ1) is 7.74. The summed E-state index contributed by atoms with van der Waals surface area (Å²) in [5.41, 5.74) is 0. The lowest BCUT2D eigenvalue weighted by atomic mass is 9.93. The van der Waals surface area contributed by atoms with Gasteiger partial charge in [-0.2, -0.15) is 0 Å². The highest BCUT2D eigenvalue weighted by atomic mass is 16.2. The number of amides is 2. The minimum absolute atomic E-state index is 0.0170. The Morgan fingerprint density at radius 1 is 1.31 bits per heavy atom. The van der Waals surface area contributed by atoms with Gasteiger partial charge in [-0.1, -0.05) is 0 Å². The molecule has 1 saturated heterocycles. The SMILES string of the molecule is CC1CCC(CNC(=O)NC2CCC2)CN1. The van der Waals surface area contributed by atoms with Gasteiger partial charge in [0.1, 0.15) is 0 Å². The van der Waals surface area contributed by atoms with Crippen molar-refractivity contribution in [1.82, 2.24) is 16.0 Å².